The van der Waals surface area contributed by atoms with E-state index in [0.29, 0.717) is 4.57 Å². The highest BCUT2D eigenvalue weighted by Crippen LogP contribution is 2.32. The molecule has 0 radical (unpaired) electrons. The van der Waals surface area contributed by atoms with Gasteiger partial charge in [-0.05, 0) is 62.3 Å². The van der Waals surface area contributed by atoms with Crippen molar-refractivity contribution in [2.45, 2.75) is 111 Å². The number of nitrogens with zero attached hydrogens (tertiary/aromatic N) is 5. The van der Waals surface area contributed by atoms with Crippen molar-refractivity contribution in [3.05, 3.63) is 33.2 Å². The van der Waals surface area contributed by atoms with Crippen molar-refractivity contribution in [3.63, 3.8) is 0 Å². The Morgan fingerprint density at radius 1 is 0.933 bits per heavy atom. The Kier molecular flexibility index (Phi) is 10.5. The molecular weight excluding hydrogens is 598 g/mol. The van der Waals surface area contributed by atoms with Crippen LogP contribution in [0.5, 0.6) is 0 Å². The van der Waals surface area contributed by atoms with Crippen LogP contribution in [0.25, 0.3) is 11.3 Å². The Morgan fingerprint density at radius 2 is 1.53 bits per heavy atom. The van der Waals surface area contributed by atoms with Gasteiger partial charge in [-0.1, -0.05) is 5.21 Å². The first-order valence-electron chi connectivity index (χ1n) is 14.2. The molecule has 1 N–H and O–H groups in total. The molecule has 3 atom stereocenters. The van der Waals surface area contributed by atoms with Gasteiger partial charge in [0, 0.05) is 12.6 Å². The summed E-state index contributed by atoms with van der Waals surface area (Å²) >= 11 is 0. The number of carbonyl (C=O) groups excluding carboxylic acids is 3. The van der Waals surface area contributed by atoms with Crippen LogP contribution in [0, 0.1) is 0 Å². The quantitative estimate of drug-likeness (QED) is 0.342. The van der Waals surface area contributed by atoms with E-state index in [1.165, 1.54) is 10.9 Å². The highest BCUT2D eigenvalue weighted by Gasteiger charge is 2.42. The van der Waals surface area contributed by atoms with E-state index in [0.717, 1.165) is 10.8 Å². The van der Waals surface area contributed by atoms with Crippen LogP contribution < -0.4 is 11.2 Å². The lowest BCUT2D eigenvalue weighted by Crippen LogP contribution is -2.47. The SMILES string of the molecule is CC(C)(C)OC(=O)OC[C@H]1O[C@@H](n2cc(-c3cn(CCO)nn3)c(=O)n(C(=O)OC(C)(C)C)c2=O)C[C@@H]1OC(=O)OC(C)(C)C. The molecule has 1 saturated heterocycles. The molecule has 17 heteroatoms. The number of hydrogen-bond donors (Lipinski definition) is 1. The molecule has 2 aromatic heterocycles. The zero-order valence-corrected chi connectivity index (χ0v) is 26.9. The molecule has 0 saturated carbocycles. The maximum atomic E-state index is 13.7. The topological polar surface area (TPSA) is 202 Å². The summed E-state index contributed by atoms with van der Waals surface area (Å²) in [6.45, 7) is 13.9. The monoisotopic (exact) mass is 639 g/mol. The number of aromatic nitrogens is 5. The Hall–Kier alpha value is -4.25. The van der Waals surface area contributed by atoms with E-state index in [1.807, 2.05) is 0 Å². The second-order valence-corrected chi connectivity index (χ2v) is 13.2. The minimum absolute atomic E-state index is 0.0103. The molecule has 0 spiro atoms. The second-order valence-electron chi connectivity index (χ2n) is 13.2. The second kappa shape index (κ2) is 13.4. The summed E-state index contributed by atoms with van der Waals surface area (Å²) in [6.07, 6.45) is -4.44. The van der Waals surface area contributed by atoms with Crippen LogP contribution in [0.3, 0.4) is 0 Å². The highest BCUT2D eigenvalue weighted by molar-refractivity contribution is 5.72. The van der Waals surface area contributed by atoms with Gasteiger partial charge in [0.05, 0.1) is 24.9 Å². The van der Waals surface area contributed by atoms with Crippen LogP contribution in [0.2, 0.25) is 0 Å². The van der Waals surface area contributed by atoms with E-state index in [9.17, 15) is 29.1 Å². The van der Waals surface area contributed by atoms with Gasteiger partial charge in [-0.3, -0.25) is 9.36 Å². The largest absolute Gasteiger partial charge is 0.509 e. The maximum Gasteiger partial charge on any atom is 0.509 e. The molecule has 0 aromatic carbocycles. The van der Waals surface area contributed by atoms with Gasteiger partial charge in [0.2, 0.25) is 0 Å². The predicted molar refractivity (Wildman–Crippen MR) is 155 cm³/mol. The van der Waals surface area contributed by atoms with E-state index in [2.05, 4.69) is 10.3 Å². The van der Waals surface area contributed by atoms with E-state index < -0.39 is 71.5 Å². The molecule has 1 aliphatic heterocycles. The van der Waals surface area contributed by atoms with Gasteiger partial charge in [-0.25, -0.2) is 23.9 Å². The lowest BCUT2D eigenvalue weighted by Gasteiger charge is -2.23. The number of ether oxygens (including phenoxy) is 6. The third-order valence-corrected chi connectivity index (χ3v) is 5.72. The van der Waals surface area contributed by atoms with Gasteiger partial charge >= 0.3 is 24.1 Å². The molecule has 1 fully saturated rings. The third kappa shape index (κ3) is 9.87. The predicted octanol–water partition coefficient (Wildman–Crippen LogP) is 2.60. The van der Waals surface area contributed by atoms with Crippen molar-refractivity contribution in [2.24, 2.45) is 0 Å². The van der Waals surface area contributed by atoms with Crippen molar-refractivity contribution < 1.29 is 47.9 Å². The van der Waals surface area contributed by atoms with E-state index in [-0.39, 0.29) is 30.8 Å². The molecule has 2 aromatic rings. The van der Waals surface area contributed by atoms with Crippen molar-refractivity contribution >= 4 is 18.4 Å². The van der Waals surface area contributed by atoms with Gasteiger partial charge < -0.3 is 33.5 Å². The van der Waals surface area contributed by atoms with Gasteiger partial charge in [0.25, 0.3) is 5.56 Å². The third-order valence-electron chi connectivity index (χ3n) is 5.72. The number of aliphatic hydroxyl groups excluding tert-OH is 1. The van der Waals surface area contributed by atoms with Crippen LogP contribution in [-0.4, -0.2) is 89.9 Å². The first-order valence-corrected chi connectivity index (χ1v) is 14.2. The van der Waals surface area contributed by atoms with Crippen molar-refractivity contribution in [1.82, 2.24) is 24.1 Å². The Morgan fingerprint density at radius 3 is 2.11 bits per heavy atom. The molecular formula is C28H41N5O12. The average Bonchev–Trinajstić information content (AvgIpc) is 3.47. The standard InChI is InChI=1S/C28H41N5O12/c1-26(2,3)43-23(37)33-21(35)16(17-14-31(10-11-34)30-29-17)13-32(22(33)36)20-12-18(42-25(39)45-28(7,8)9)19(41-20)15-40-24(38)44-27(4,5)6/h13-14,18-20,34H,10-12,15H2,1-9H3/t18-,19+,20+/m0/s1. The van der Waals surface area contributed by atoms with Gasteiger partial charge in [-0.15, -0.1) is 5.10 Å². The summed E-state index contributed by atoms with van der Waals surface area (Å²) in [5, 5.41) is 17.0. The summed E-state index contributed by atoms with van der Waals surface area (Å²) < 4.78 is 35.0. The molecule has 45 heavy (non-hydrogen) atoms. The smallest absolute Gasteiger partial charge is 0.443 e. The number of aliphatic hydroxyl groups is 1. The Balaban J connectivity index is 2.06. The van der Waals surface area contributed by atoms with Crippen molar-refractivity contribution in [1.29, 1.82) is 0 Å². The molecule has 250 valence electrons. The fraction of sp³-hybridized carbons (Fsp3) is 0.679. The van der Waals surface area contributed by atoms with Crippen molar-refractivity contribution in [3.8, 4) is 11.3 Å². The summed E-state index contributed by atoms with van der Waals surface area (Å²) in [5.41, 5.74) is -5.17. The van der Waals surface area contributed by atoms with Crippen molar-refractivity contribution in [2.75, 3.05) is 13.2 Å². The number of carbonyl (C=O) groups is 3. The first-order chi connectivity index (χ1) is 20.7. The maximum absolute atomic E-state index is 13.7. The minimum Gasteiger partial charge on any atom is -0.443 e. The van der Waals surface area contributed by atoms with Gasteiger partial charge in [0.1, 0.15) is 47.5 Å². The van der Waals surface area contributed by atoms with Crippen LogP contribution in [-0.2, 0) is 35.0 Å². The molecule has 1 aliphatic rings. The Labute approximate surface area is 258 Å². The summed E-state index contributed by atoms with van der Waals surface area (Å²) in [4.78, 5) is 65.1. The van der Waals surface area contributed by atoms with E-state index >= 15 is 0 Å². The molecule has 0 bridgehead atoms. The summed E-state index contributed by atoms with van der Waals surface area (Å²) in [5.74, 6) is 0. The zero-order valence-electron chi connectivity index (χ0n) is 26.9. The minimum atomic E-state index is -1.25. The molecule has 0 aliphatic carbocycles. The van der Waals surface area contributed by atoms with E-state index in [4.69, 9.17) is 28.4 Å². The molecule has 0 amide bonds. The zero-order chi connectivity index (χ0) is 33.9. The van der Waals surface area contributed by atoms with Crippen LogP contribution in [0.1, 0.15) is 75.0 Å². The van der Waals surface area contributed by atoms with E-state index in [1.54, 1.807) is 62.3 Å². The highest BCUT2D eigenvalue weighted by atomic mass is 16.8. The van der Waals surface area contributed by atoms with Crippen LogP contribution in [0.4, 0.5) is 14.4 Å². The summed E-state index contributed by atoms with van der Waals surface area (Å²) in [7, 11) is 0. The Bertz CT molecular complexity index is 1510. The first kappa shape index (κ1) is 35.2. The van der Waals surface area contributed by atoms with Crippen LogP contribution in [0.15, 0.2) is 22.0 Å². The lowest BCUT2D eigenvalue weighted by atomic mass is 10.2. The molecule has 0 unspecified atom stereocenters. The molecule has 3 rings (SSSR count). The fourth-order valence-corrected chi connectivity index (χ4v) is 4.03. The van der Waals surface area contributed by atoms with Gasteiger partial charge in [-0.2, -0.15) is 4.57 Å². The lowest BCUT2D eigenvalue weighted by molar-refractivity contribution is -0.0824. The average molecular weight is 640 g/mol. The normalized spacial score (nSPS) is 18.8. The number of hydrogen-bond acceptors (Lipinski definition) is 14. The summed E-state index contributed by atoms with van der Waals surface area (Å²) in [6, 6.07) is 0. The fourth-order valence-electron chi connectivity index (χ4n) is 4.03. The number of rotatable bonds is 7. The molecule has 3 heterocycles. The molecule has 17 nitrogen and oxygen atoms in total. The van der Waals surface area contributed by atoms with Gasteiger partial charge in [0.15, 0.2) is 0 Å². The van der Waals surface area contributed by atoms with Crippen LogP contribution >= 0.6 is 0 Å².